The Morgan fingerprint density at radius 3 is 2.67 bits per heavy atom. The van der Waals surface area contributed by atoms with Gasteiger partial charge < -0.3 is 15.4 Å². The van der Waals surface area contributed by atoms with Crippen molar-refractivity contribution in [3.05, 3.63) is 16.3 Å². The molecule has 1 heterocycles. The molecule has 0 spiro atoms. The highest BCUT2D eigenvalue weighted by Gasteiger charge is 2.34. The minimum absolute atomic E-state index is 0.128. The lowest BCUT2D eigenvalue weighted by atomic mass is 9.69. The van der Waals surface area contributed by atoms with Crippen LogP contribution in [0.1, 0.15) is 56.1 Å². The Balaban J connectivity index is 1.91. The van der Waals surface area contributed by atoms with Gasteiger partial charge in [0.2, 0.25) is 5.91 Å². The van der Waals surface area contributed by atoms with Crippen molar-refractivity contribution >= 4 is 28.9 Å². The van der Waals surface area contributed by atoms with Gasteiger partial charge in [-0.15, -0.1) is 11.3 Å². The Hall–Kier alpha value is -1.40. The fourth-order valence-electron chi connectivity index (χ4n) is 3.49. The molecular formula is C18H28N2O3S. The summed E-state index contributed by atoms with van der Waals surface area (Å²) < 4.78 is 4.73. The molecule has 1 aliphatic carbocycles. The monoisotopic (exact) mass is 352 g/mol. The molecule has 5 nitrogen and oxygen atoms in total. The van der Waals surface area contributed by atoms with Crippen molar-refractivity contribution in [3.8, 4) is 0 Å². The van der Waals surface area contributed by atoms with Gasteiger partial charge in [0.15, 0.2) is 0 Å². The van der Waals surface area contributed by atoms with Crippen molar-refractivity contribution in [2.45, 2.75) is 52.5 Å². The van der Waals surface area contributed by atoms with Gasteiger partial charge in [-0.1, -0.05) is 33.6 Å². The van der Waals surface area contributed by atoms with E-state index in [1.54, 1.807) is 11.4 Å². The van der Waals surface area contributed by atoms with Crippen LogP contribution < -0.4 is 10.6 Å². The molecule has 1 saturated carbocycles. The van der Waals surface area contributed by atoms with Gasteiger partial charge in [-0.2, -0.15) is 0 Å². The molecule has 0 aliphatic heterocycles. The number of carbonyl (C=O) groups is 2. The highest BCUT2D eigenvalue weighted by atomic mass is 32.1. The Labute approximate surface area is 148 Å². The van der Waals surface area contributed by atoms with E-state index in [9.17, 15) is 9.59 Å². The summed E-state index contributed by atoms with van der Waals surface area (Å²) in [5.74, 6) is 0.0240. The Kier molecular flexibility index (Phi) is 6.40. The van der Waals surface area contributed by atoms with E-state index in [1.165, 1.54) is 37.7 Å². The summed E-state index contributed by atoms with van der Waals surface area (Å²) in [4.78, 5) is 24.3. The second-order valence-corrected chi connectivity index (χ2v) is 8.36. The standard InChI is InChI=1S/C18H28N2O3S/c1-18(2,3)12-7-5-6-8-13(12)19-11-15(21)20-14-9-10-24-16(14)17(22)23-4/h9-10,12-13,19H,5-8,11H2,1-4H3,(H,20,21). The quantitative estimate of drug-likeness (QED) is 0.794. The summed E-state index contributed by atoms with van der Waals surface area (Å²) >= 11 is 1.26. The van der Waals surface area contributed by atoms with E-state index in [0.717, 1.165) is 6.42 Å². The van der Waals surface area contributed by atoms with Gasteiger partial charge in [-0.3, -0.25) is 4.79 Å². The van der Waals surface area contributed by atoms with Gasteiger partial charge in [0.1, 0.15) is 4.88 Å². The molecule has 1 amide bonds. The predicted molar refractivity (Wildman–Crippen MR) is 97.5 cm³/mol. The SMILES string of the molecule is COC(=O)c1sccc1NC(=O)CNC1CCCCC1C(C)(C)C. The molecule has 2 rings (SSSR count). The number of hydrogen-bond acceptors (Lipinski definition) is 5. The second kappa shape index (κ2) is 8.12. The molecule has 134 valence electrons. The smallest absolute Gasteiger partial charge is 0.350 e. The summed E-state index contributed by atoms with van der Waals surface area (Å²) in [7, 11) is 1.34. The zero-order valence-corrected chi connectivity index (χ0v) is 15.8. The average Bonchev–Trinajstić information content (AvgIpc) is 2.99. The zero-order chi connectivity index (χ0) is 17.7. The van der Waals surface area contributed by atoms with Crippen LogP contribution in [-0.2, 0) is 9.53 Å². The maximum absolute atomic E-state index is 12.3. The number of methoxy groups -OCH3 is 1. The summed E-state index contributed by atoms with van der Waals surface area (Å²) in [6.07, 6.45) is 4.80. The van der Waals surface area contributed by atoms with Crippen molar-refractivity contribution in [3.63, 3.8) is 0 Å². The number of rotatable bonds is 5. The molecule has 0 radical (unpaired) electrons. The molecule has 1 fully saturated rings. The van der Waals surface area contributed by atoms with Crippen LogP contribution in [0.15, 0.2) is 11.4 Å². The van der Waals surface area contributed by atoms with E-state index in [1.807, 2.05) is 0 Å². The third-order valence-electron chi connectivity index (χ3n) is 4.71. The number of amides is 1. The number of carbonyl (C=O) groups excluding carboxylic acids is 2. The highest BCUT2D eigenvalue weighted by Crippen LogP contribution is 2.37. The lowest BCUT2D eigenvalue weighted by Gasteiger charge is -2.40. The molecule has 1 aromatic heterocycles. The van der Waals surface area contributed by atoms with Crippen LogP contribution in [0.2, 0.25) is 0 Å². The first-order valence-corrected chi connectivity index (χ1v) is 9.40. The maximum Gasteiger partial charge on any atom is 0.350 e. The van der Waals surface area contributed by atoms with Gasteiger partial charge in [-0.05, 0) is 35.6 Å². The van der Waals surface area contributed by atoms with Gasteiger partial charge in [0.05, 0.1) is 19.3 Å². The topological polar surface area (TPSA) is 67.4 Å². The Bertz CT molecular complexity index is 577. The van der Waals surface area contributed by atoms with Gasteiger partial charge in [0.25, 0.3) is 0 Å². The Morgan fingerprint density at radius 1 is 1.29 bits per heavy atom. The van der Waals surface area contributed by atoms with E-state index >= 15 is 0 Å². The van der Waals surface area contributed by atoms with Crippen LogP contribution in [0.4, 0.5) is 5.69 Å². The first-order valence-electron chi connectivity index (χ1n) is 8.52. The second-order valence-electron chi connectivity index (χ2n) is 7.45. The van der Waals surface area contributed by atoms with Crippen molar-refractivity contribution in [1.82, 2.24) is 5.32 Å². The summed E-state index contributed by atoms with van der Waals surface area (Å²) in [5.41, 5.74) is 0.759. The summed E-state index contributed by atoms with van der Waals surface area (Å²) in [6.45, 7) is 7.07. The van der Waals surface area contributed by atoms with E-state index in [-0.39, 0.29) is 17.9 Å². The molecule has 6 heteroatoms. The van der Waals surface area contributed by atoms with Gasteiger partial charge >= 0.3 is 5.97 Å². The molecule has 0 saturated heterocycles. The fraction of sp³-hybridized carbons (Fsp3) is 0.667. The molecule has 2 N–H and O–H groups in total. The maximum atomic E-state index is 12.3. The fourth-order valence-corrected chi connectivity index (χ4v) is 4.25. The lowest BCUT2D eigenvalue weighted by molar-refractivity contribution is -0.115. The number of ether oxygens (including phenoxy) is 1. The van der Waals surface area contributed by atoms with E-state index in [2.05, 4.69) is 31.4 Å². The first kappa shape index (κ1) is 18.9. The van der Waals surface area contributed by atoms with Crippen LogP contribution >= 0.6 is 11.3 Å². The zero-order valence-electron chi connectivity index (χ0n) is 15.0. The van der Waals surface area contributed by atoms with Crippen LogP contribution in [0.25, 0.3) is 0 Å². The molecule has 24 heavy (non-hydrogen) atoms. The highest BCUT2D eigenvalue weighted by molar-refractivity contribution is 7.12. The molecule has 1 aromatic rings. The number of esters is 1. The number of nitrogens with one attached hydrogen (secondary N) is 2. The van der Waals surface area contributed by atoms with E-state index < -0.39 is 5.97 Å². The van der Waals surface area contributed by atoms with Crippen molar-refractivity contribution < 1.29 is 14.3 Å². The van der Waals surface area contributed by atoms with Gasteiger partial charge in [0, 0.05) is 6.04 Å². The minimum atomic E-state index is -0.423. The third kappa shape index (κ3) is 4.80. The normalized spacial score (nSPS) is 21.3. The van der Waals surface area contributed by atoms with E-state index in [0.29, 0.717) is 22.5 Å². The van der Waals surface area contributed by atoms with Crippen LogP contribution in [0.5, 0.6) is 0 Å². The molecule has 0 bridgehead atoms. The average molecular weight is 353 g/mol. The van der Waals surface area contributed by atoms with Crippen molar-refractivity contribution in [2.75, 3.05) is 19.0 Å². The molecule has 1 aliphatic rings. The van der Waals surface area contributed by atoms with Crippen molar-refractivity contribution in [2.24, 2.45) is 11.3 Å². The first-order chi connectivity index (χ1) is 11.3. The lowest BCUT2D eigenvalue weighted by Crippen LogP contribution is -2.46. The number of hydrogen-bond donors (Lipinski definition) is 2. The van der Waals surface area contributed by atoms with E-state index in [4.69, 9.17) is 4.74 Å². The van der Waals surface area contributed by atoms with Crippen LogP contribution in [0.3, 0.4) is 0 Å². The molecule has 2 unspecified atom stereocenters. The minimum Gasteiger partial charge on any atom is -0.465 e. The number of anilines is 1. The Morgan fingerprint density at radius 2 is 2.00 bits per heavy atom. The molecule has 0 aromatic carbocycles. The predicted octanol–water partition coefficient (Wildman–Crippen LogP) is 3.67. The largest absolute Gasteiger partial charge is 0.465 e. The summed E-state index contributed by atoms with van der Waals surface area (Å²) in [6, 6.07) is 2.10. The van der Waals surface area contributed by atoms with Crippen LogP contribution in [-0.4, -0.2) is 31.6 Å². The van der Waals surface area contributed by atoms with Crippen molar-refractivity contribution in [1.29, 1.82) is 0 Å². The molecular weight excluding hydrogens is 324 g/mol. The van der Waals surface area contributed by atoms with Crippen LogP contribution in [0, 0.1) is 11.3 Å². The third-order valence-corrected chi connectivity index (χ3v) is 5.61. The summed E-state index contributed by atoms with van der Waals surface area (Å²) in [5, 5.41) is 8.01. The number of thiophene rings is 1. The van der Waals surface area contributed by atoms with Gasteiger partial charge in [-0.25, -0.2) is 4.79 Å². The molecule has 2 atom stereocenters.